The second-order valence-corrected chi connectivity index (χ2v) is 6.34. The third-order valence-electron chi connectivity index (χ3n) is 3.70. The molecule has 104 valence electrons. The summed E-state index contributed by atoms with van der Waals surface area (Å²) in [6.07, 6.45) is 6.75. The van der Waals surface area contributed by atoms with Gasteiger partial charge in [0.1, 0.15) is 0 Å². The van der Waals surface area contributed by atoms with Crippen molar-refractivity contribution in [1.82, 2.24) is 4.98 Å². The van der Waals surface area contributed by atoms with Gasteiger partial charge in [0, 0.05) is 21.7 Å². The van der Waals surface area contributed by atoms with Crippen molar-refractivity contribution in [1.29, 1.82) is 0 Å². The van der Waals surface area contributed by atoms with E-state index in [2.05, 4.69) is 10.1 Å². The highest BCUT2D eigenvalue weighted by Gasteiger charge is 2.20. The van der Waals surface area contributed by atoms with Crippen LogP contribution in [0.15, 0.2) is 40.5 Å². The maximum Gasteiger partial charge on any atom is 0.172 e. The fourth-order valence-electron chi connectivity index (χ4n) is 2.65. The quantitative estimate of drug-likeness (QED) is 0.393. The summed E-state index contributed by atoms with van der Waals surface area (Å²) in [6, 6.07) is 8.01. The minimum atomic E-state index is 0.128. The highest BCUT2D eigenvalue weighted by atomic mass is 32.2. The van der Waals surface area contributed by atoms with Crippen molar-refractivity contribution in [3.8, 4) is 0 Å². The van der Waals surface area contributed by atoms with Crippen LogP contribution in [0, 0.1) is 0 Å². The normalized spacial score (nSPS) is 16.9. The van der Waals surface area contributed by atoms with Crippen LogP contribution in [-0.2, 0) is 0 Å². The molecule has 1 aromatic carbocycles. The Kier molecular flexibility index (Phi) is 3.78. The third kappa shape index (κ3) is 2.45. The van der Waals surface area contributed by atoms with E-state index in [0.29, 0.717) is 5.25 Å². The molecule has 1 aliphatic rings. The van der Waals surface area contributed by atoms with Gasteiger partial charge in [0.2, 0.25) is 0 Å². The average Bonchev–Trinajstić information content (AvgIpc) is 3.00. The van der Waals surface area contributed by atoms with Gasteiger partial charge >= 0.3 is 0 Å². The van der Waals surface area contributed by atoms with Crippen molar-refractivity contribution in [2.75, 3.05) is 0 Å². The first-order valence-electron chi connectivity index (χ1n) is 6.82. The molecule has 1 heterocycles. The van der Waals surface area contributed by atoms with Crippen LogP contribution >= 0.6 is 11.8 Å². The summed E-state index contributed by atoms with van der Waals surface area (Å²) < 4.78 is 0. The molecule has 2 aromatic rings. The number of benzene rings is 1. The molecule has 3 rings (SSSR count). The van der Waals surface area contributed by atoms with Gasteiger partial charge in [0.25, 0.3) is 0 Å². The van der Waals surface area contributed by atoms with Crippen LogP contribution in [0.25, 0.3) is 10.9 Å². The average molecular weight is 287 g/mol. The number of rotatable bonds is 3. The van der Waals surface area contributed by atoms with Crippen LogP contribution < -0.4 is 5.73 Å². The lowest BCUT2D eigenvalue weighted by molar-refractivity contribution is 0.318. The highest BCUT2D eigenvalue weighted by molar-refractivity contribution is 8.00. The molecule has 0 bridgehead atoms. The van der Waals surface area contributed by atoms with Gasteiger partial charge in [-0.1, -0.05) is 36.2 Å². The Morgan fingerprint density at radius 2 is 2.05 bits per heavy atom. The molecule has 0 aliphatic heterocycles. The van der Waals surface area contributed by atoms with E-state index >= 15 is 0 Å². The van der Waals surface area contributed by atoms with Crippen LogP contribution in [0.4, 0.5) is 0 Å². The van der Waals surface area contributed by atoms with Crippen LogP contribution in [0.1, 0.15) is 31.2 Å². The molecule has 3 N–H and O–H groups in total. The molecule has 0 spiro atoms. The number of aromatic nitrogens is 1. The first-order valence-corrected chi connectivity index (χ1v) is 7.70. The standard InChI is InChI=1S/C15H17N3OS/c16-15(18-19)12-9-17-13-8-4-3-7-11(13)14(12)20-10-5-1-2-6-10/h3-4,7-10,19H,1-2,5-6H2,(H2,16,18). The monoisotopic (exact) mass is 287 g/mol. The summed E-state index contributed by atoms with van der Waals surface area (Å²) in [5, 5.41) is 13.8. The molecule has 1 saturated carbocycles. The first-order chi connectivity index (χ1) is 9.79. The van der Waals surface area contributed by atoms with Crippen molar-refractivity contribution >= 4 is 28.5 Å². The predicted molar refractivity (Wildman–Crippen MR) is 82.4 cm³/mol. The third-order valence-corrected chi connectivity index (χ3v) is 5.18. The van der Waals surface area contributed by atoms with Gasteiger partial charge in [-0.15, -0.1) is 11.8 Å². The zero-order valence-corrected chi connectivity index (χ0v) is 11.9. The molecule has 0 saturated heterocycles. The number of hydrogen-bond donors (Lipinski definition) is 2. The molecule has 5 heteroatoms. The maximum atomic E-state index is 8.97. The fraction of sp³-hybridized carbons (Fsp3) is 0.333. The van der Waals surface area contributed by atoms with Gasteiger partial charge < -0.3 is 10.9 Å². The van der Waals surface area contributed by atoms with Crippen molar-refractivity contribution in [3.63, 3.8) is 0 Å². The van der Waals surface area contributed by atoms with E-state index in [9.17, 15) is 0 Å². The van der Waals surface area contributed by atoms with E-state index in [4.69, 9.17) is 10.9 Å². The largest absolute Gasteiger partial charge is 0.409 e. The molecule has 1 aromatic heterocycles. The van der Waals surface area contributed by atoms with E-state index in [-0.39, 0.29) is 5.84 Å². The van der Waals surface area contributed by atoms with Crippen LogP contribution in [0.3, 0.4) is 0 Å². The fourth-order valence-corrected chi connectivity index (χ4v) is 4.14. The number of thioether (sulfide) groups is 1. The Labute approximate surface area is 122 Å². The van der Waals surface area contributed by atoms with Crippen LogP contribution in [0.5, 0.6) is 0 Å². The summed E-state index contributed by atoms with van der Waals surface area (Å²) in [5.41, 5.74) is 7.48. The van der Waals surface area contributed by atoms with Crippen molar-refractivity contribution in [3.05, 3.63) is 36.0 Å². The zero-order chi connectivity index (χ0) is 13.9. The Hall–Kier alpha value is -1.75. The molecular formula is C15H17N3OS. The van der Waals surface area contributed by atoms with E-state index < -0.39 is 0 Å². The molecule has 0 amide bonds. The first kappa shape index (κ1) is 13.2. The second-order valence-electron chi connectivity index (χ2n) is 5.03. The summed E-state index contributed by atoms with van der Waals surface area (Å²) >= 11 is 1.84. The molecule has 1 fully saturated rings. The molecule has 0 radical (unpaired) electrons. The van der Waals surface area contributed by atoms with Crippen molar-refractivity contribution in [2.24, 2.45) is 10.9 Å². The predicted octanol–water partition coefficient (Wildman–Crippen LogP) is 3.36. The number of nitrogens with zero attached hydrogens (tertiary/aromatic N) is 2. The summed E-state index contributed by atoms with van der Waals surface area (Å²) in [7, 11) is 0. The van der Waals surface area contributed by atoms with Gasteiger partial charge in [0.15, 0.2) is 5.84 Å². The lowest BCUT2D eigenvalue weighted by Crippen LogP contribution is -2.15. The summed E-state index contributed by atoms with van der Waals surface area (Å²) in [5.74, 6) is 0.128. The Balaban J connectivity index is 2.12. The molecule has 0 atom stereocenters. The number of oxime groups is 1. The number of pyridine rings is 1. The zero-order valence-electron chi connectivity index (χ0n) is 11.1. The molecule has 0 unspecified atom stereocenters. The van der Waals surface area contributed by atoms with Crippen molar-refractivity contribution < 1.29 is 5.21 Å². The molecule has 1 aliphatic carbocycles. The van der Waals surface area contributed by atoms with Gasteiger partial charge in [-0.25, -0.2) is 0 Å². The van der Waals surface area contributed by atoms with Crippen LogP contribution in [0.2, 0.25) is 0 Å². The summed E-state index contributed by atoms with van der Waals surface area (Å²) in [6.45, 7) is 0. The lowest BCUT2D eigenvalue weighted by atomic mass is 10.1. The number of fused-ring (bicyclic) bond motifs is 1. The minimum absolute atomic E-state index is 0.128. The Morgan fingerprint density at radius 3 is 2.80 bits per heavy atom. The number of nitrogens with two attached hydrogens (primary N) is 1. The topological polar surface area (TPSA) is 71.5 Å². The molecule has 20 heavy (non-hydrogen) atoms. The highest BCUT2D eigenvalue weighted by Crippen LogP contribution is 2.39. The van der Waals surface area contributed by atoms with E-state index in [0.717, 1.165) is 21.4 Å². The van der Waals surface area contributed by atoms with Gasteiger partial charge in [-0.3, -0.25) is 4.98 Å². The van der Waals surface area contributed by atoms with Crippen LogP contribution in [-0.4, -0.2) is 21.3 Å². The smallest absolute Gasteiger partial charge is 0.172 e. The van der Waals surface area contributed by atoms with Gasteiger partial charge in [0.05, 0.1) is 11.1 Å². The van der Waals surface area contributed by atoms with Crippen molar-refractivity contribution in [2.45, 2.75) is 35.8 Å². The number of hydrogen-bond acceptors (Lipinski definition) is 4. The molecular weight excluding hydrogens is 270 g/mol. The minimum Gasteiger partial charge on any atom is -0.409 e. The number of amidine groups is 1. The lowest BCUT2D eigenvalue weighted by Gasteiger charge is -2.14. The van der Waals surface area contributed by atoms with Gasteiger partial charge in [-0.2, -0.15) is 0 Å². The van der Waals surface area contributed by atoms with E-state index in [1.807, 2.05) is 36.0 Å². The maximum absolute atomic E-state index is 8.97. The second kappa shape index (κ2) is 5.71. The van der Waals surface area contributed by atoms with Gasteiger partial charge in [-0.05, 0) is 18.9 Å². The number of para-hydroxylation sites is 1. The Bertz CT molecular complexity index is 651. The van der Waals surface area contributed by atoms with E-state index in [1.54, 1.807) is 6.20 Å². The molecule has 4 nitrogen and oxygen atoms in total. The summed E-state index contributed by atoms with van der Waals surface area (Å²) in [4.78, 5) is 5.48. The Morgan fingerprint density at radius 1 is 1.30 bits per heavy atom. The van der Waals surface area contributed by atoms with E-state index in [1.165, 1.54) is 25.7 Å². The SMILES string of the molecule is NC(=NO)c1cnc2ccccc2c1SC1CCCC1.